The maximum atomic E-state index is 5.11. The minimum atomic E-state index is 0.763. The van der Waals surface area contributed by atoms with Crippen LogP contribution in [-0.2, 0) is 11.3 Å². The number of halogens is 1. The van der Waals surface area contributed by atoms with E-state index in [9.17, 15) is 0 Å². The van der Waals surface area contributed by atoms with E-state index in [0.717, 1.165) is 37.3 Å². The predicted molar refractivity (Wildman–Crippen MR) is 69.9 cm³/mol. The molecule has 0 spiro atoms. The van der Waals surface area contributed by atoms with Crippen molar-refractivity contribution in [3.05, 3.63) is 29.6 Å². The van der Waals surface area contributed by atoms with Crippen LogP contribution < -0.4 is 0 Å². The number of methoxy groups -OCH3 is 1. The van der Waals surface area contributed by atoms with Gasteiger partial charge in [0.1, 0.15) is 0 Å². The third-order valence-electron chi connectivity index (χ3n) is 2.50. The monoisotopic (exact) mass is 286 g/mol. The smallest absolute Gasteiger partial charge is 0.0589 e. The van der Waals surface area contributed by atoms with Gasteiger partial charge in [0.15, 0.2) is 0 Å². The lowest BCUT2D eigenvalue weighted by molar-refractivity contribution is 0.147. The van der Waals surface area contributed by atoms with Crippen molar-refractivity contribution in [1.82, 2.24) is 9.88 Å². The molecule has 4 heteroatoms. The fraction of sp³-hybridized carbons (Fsp3) is 0.583. The van der Waals surface area contributed by atoms with Crippen LogP contribution in [0.2, 0.25) is 0 Å². The first kappa shape index (κ1) is 13.6. The fourth-order valence-electron chi connectivity index (χ4n) is 1.51. The molecular formula is C12H19BrN2O. The first-order valence-corrected chi connectivity index (χ1v) is 6.58. The van der Waals surface area contributed by atoms with Gasteiger partial charge >= 0.3 is 0 Å². The van der Waals surface area contributed by atoms with Crippen molar-refractivity contribution in [3.8, 4) is 0 Å². The third kappa shape index (κ3) is 4.60. The summed E-state index contributed by atoms with van der Waals surface area (Å²) in [5.74, 6) is 0. The molecule has 1 heterocycles. The van der Waals surface area contributed by atoms with Gasteiger partial charge in [-0.2, -0.15) is 0 Å². The van der Waals surface area contributed by atoms with Crippen LogP contribution in [0.4, 0.5) is 0 Å². The first-order chi connectivity index (χ1) is 7.77. The Kier molecular flexibility index (Phi) is 6.61. The zero-order valence-corrected chi connectivity index (χ0v) is 11.5. The quantitative estimate of drug-likeness (QED) is 0.719. The highest BCUT2D eigenvalue weighted by molar-refractivity contribution is 9.09. The molecule has 0 aliphatic heterocycles. The van der Waals surface area contributed by atoms with Gasteiger partial charge in [-0.15, -0.1) is 0 Å². The van der Waals surface area contributed by atoms with Crippen LogP contribution in [0.3, 0.4) is 0 Å². The lowest BCUT2D eigenvalue weighted by Gasteiger charge is -2.21. The molecule has 1 aromatic rings. The SMILES string of the molecule is COCCN(CCBr)Cc1ncccc1C. The van der Waals surface area contributed by atoms with E-state index < -0.39 is 0 Å². The molecule has 0 fully saturated rings. The average molecular weight is 287 g/mol. The Labute approximate surface area is 106 Å². The summed E-state index contributed by atoms with van der Waals surface area (Å²) >= 11 is 3.47. The third-order valence-corrected chi connectivity index (χ3v) is 2.86. The average Bonchev–Trinajstić information content (AvgIpc) is 2.29. The van der Waals surface area contributed by atoms with Crippen LogP contribution >= 0.6 is 15.9 Å². The Balaban J connectivity index is 2.56. The van der Waals surface area contributed by atoms with Gasteiger partial charge < -0.3 is 4.74 Å². The summed E-state index contributed by atoms with van der Waals surface area (Å²) < 4.78 is 5.11. The maximum absolute atomic E-state index is 5.11. The van der Waals surface area contributed by atoms with Crippen molar-refractivity contribution in [2.24, 2.45) is 0 Å². The van der Waals surface area contributed by atoms with E-state index in [4.69, 9.17) is 4.74 Å². The molecule has 0 amide bonds. The van der Waals surface area contributed by atoms with E-state index in [1.54, 1.807) is 7.11 Å². The van der Waals surface area contributed by atoms with Crippen molar-refractivity contribution in [2.45, 2.75) is 13.5 Å². The Morgan fingerprint density at radius 3 is 2.88 bits per heavy atom. The van der Waals surface area contributed by atoms with Gasteiger partial charge in [0, 0.05) is 38.3 Å². The molecule has 0 radical (unpaired) electrons. The summed E-state index contributed by atoms with van der Waals surface area (Å²) in [5.41, 5.74) is 2.40. The van der Waals surface area contributed by atoms with Crippen LogP contribution in [-0.4, -0.2) is 42.0 Å². The number of hydrogen-bond donors (Lipinski definition) is 0. The van der Waals surface area contributed by atoms with E-state index >= 15 is 0 Å². The Hall–Kier alpha value is -0.450. The molecule has 0 aliphatic rings. The van der Waals surface area contributed by atoms with Crippen molar-refractivity contribution in [2.75, 3.05) is 32.1 Å². The number of nitrogens with zero attached hydrogens (tertiary/aromatic N) is 2. The second-order valence-corrected chi connectivity index (χ2v) is 4.52. The molecule has 16 heavy (non-hydrogen) atoms. The van der Waals surface area contributed by atoms with Gasteiger partial charge in [0.2, 0.25) is 0 Å². The van der Waals surface area contributed by atoms with Gasteiger partial charge in [0.25, 0.3) is 0 Å². The van der Waals surface area contributed by atoms with E-state index in [1.807, 2.05) is 12.3 Å². The lowest BCUT2D eigenvalue weighted by atomic mass is 10.2. The minimum absolute atomic E-state index is 0.763. The fourth-order valence-corrected chi connectivity index (χ4v) is 2.01. The number of rotatable bonds is 7. The van der Waals surface area contributed by atoms with Crippen LogP contribution in [0.25, 0.3) is 0 Å². The normalized spacial score (nSPS) is 11.0. The Morgan fingerprint density at radius 1 is 1.44 bits per heavy atom. The van der Waals surface area contributed by atoms with E-state index in [-0.39, 0.29) is 0 Å². The molecule has 0 aromatic carbocycles. The standard InChI is InChI=1S/C12H19BrN2O/c1-11-4-3-6-14-12(11)10-15(7-5-13)8-9-16-2/h3-4,6H,5,7-10H2,1-2H3. The van der Waals surface area contributed by atoms with Gasteiger partial charge in [-0.05, 0) is 18.6 Å². The maximum Gasteiger partial charge on any atom is 0.0589 e. The predicted octanol–water partition coefficient (Wildman–Crippen LogP) is 2.23. The summed E-state index contributed by atoms with van der Waals surface area (Å²) in [6.45, 7) is 5.71. The van der Waals surface area contributed by atoms with Crippen molar-refractivity contribution >= 4 is 15.9 Å². The number of alkyl halides is 1. The molecule has 0 saturated heterocycles. The van der Waals surface area contributed by atoms with Gasteiger partial charge in [-0.3, -0.25) is 9.88 Å². The molecule has 0 bridgehead atoms. The van der Waals surface area contributed by atoms with Crippen LogP contribution in [0, 0.1) is 6.92 Å². The number of hydrogen-bond acceptors (Lipinski definition) is 3. The molecule has 1 aromatic heterocycles. The number of aryl methyl sites for hydroxylation is 1. The largest absolute Gasteiger partial charge is 0.383 e. The van der Waals surface area contributed by atoms with E-state index in [0.29, 0.717) is 0 Å². The van der Waals surface area contributed by atoms with Gasteiger partial charge in [0.05, 0.1) is 12.3 Å². The molecule has 90 valence electrons. The number of aromatic nitrogens is 1. The second kappa shape index (κ2) is 7.76. The summed E-state index contributed by atoms with van der Waals surface area (Å²) in [6, 6.07) is 4.08. The van der Waals surface area contributed by atoms with E-state index in [2.05, 4.69) is 38.8 Å². The zero-order valence-electron chi connectivity index (χ0n) is 9.95. The Morgan fingerprint density at radius 2 is 2.25 bits per heavy atom. The second-order valence-electron chi connectivity index (χ2n) is 3.72. The van der Waals surface area contributed by atoms with Gasteiger partial charge in [-0.25, -0.2) is 0 Å². The molecule has 0 aliphatic carbocycles. The molecule has 0 saturated carbocycles. The van der Waals surface area contributed by atoms with Crippen molar-refractivity contribution in [1.29, 1.82) is 0 Å². The van der Waals surface area contributed by atoms with Crippen LogP contribution in [0.1, 0.15) is 11.3 Å². The summed E-state index contributed by atoms with van der Waals surface area (Å²) in [5, 5.41) is 0.975. The van der Waals surface area contributed by atoms with Crippen LogP contribution in [0.15, 0.2) is 18.3 Å². The molecule has 0 unspecified atom stereocenters. The van der Waals surface area contributed by atoms with Crippen molar-refractivity contribution < 1.29 is 4.74 Å². The van der Waals surface area contributed by atoms with Crippen LogP contribution in [0.5, 0.6) is 0 Å². The van der Waals surface area contributed by atoms with Crippen molar-refractivity contribution in [3.63, 3.8) is 0 Å². The van der Waals surface area contributed by atoms with E-state index in [1.165, 1.54) is 5.56 Å². The molecular weight excluding hydrogens is 268 g/mol. The topological polar surface area (TPSA) is 25.4 Å². The molecule has 3 nitrogen and oxygen atoms in total. The highest BCUT2D eigenvalue weighted by Gasteiger charge is 2.07. The summed E-state index contributed by atoms with van der Waals surface area (Å²) in [7, 11) is 1.73. The summed E-state index contributed by atoms with van der Waals surface area (Å²) in [6.07, 6.45) is 1.85. The molecule has 0 atom stereocenters. The number of pyridine rings is 1. The summed E-state index contributed by atoms with van der Waals surface area (Å²) in [4.78, 5) is 6.75. The highest BCUT2D eigenvalue weighted by Crippen LogP contribution is 2.07. The highest BCUT2D eigenvalue weighted by atomic mass is 79.9. The van der Waals surface area contributed by atoms with Gasteiger partial charge in [-0.1, -0.05) is 22.0 Å². The lowest BCUT2D eigenvalue weighted by Crippen LogP contribution is -2.29. The zero-order chi connectivity index (χ0) is 11.8. The minimum Gasteiger partial charge on any atom is -0.383 e. The number of ether oxygens (including phenoxy) is 1. The Bertz CT molecular complexity index is 307. The molecule has 1 rings (SSSR count). The first-order valence-electron chi connectivity index (χ1n) is 5.45. The molecule has 0 N–H and O–H groups in total.